The highest BCUT2D eigenvalue weighted by Gasteiger charge is 2.20. The minimum Gasteiger partial charge on any atom is -0.324 e. The van der Waals surface area contributed by atoms with Gasteiger partial charge in [-0.15, -0.1) is 0 Å². The first-order chi connectivity index (χ1) is 13.3. The molecule has 28 heavy (non-hydrogen) atoms. The molecule has 5 heteroatoms. The van der Waals surface area contributed by atoms with Crippen LogP contribution in [0.15, 0.2) is 53.3 Å². The summed E-state index contributed by atoms with van der Waals surface area (Å²) < 4.78 is 1.25. The lowest BCUT2D eigenvalue weighted by atomic mass is 10.0. The summed E-state index contributed by atoms with van der Waals surface area (Å²) in [6.45, 7) is 9.59. The third-order valence-electron chi connectivity index (χ3n) is 4.97. The van der Waals surface area contributed by atoms with Crippen LogP contribution in [-0.4, -0.2) is 15.7 Å². The van der Waals surface area contributed by atoms with Crippen LogP contribution < -0.4 is 10.9 Å². The molecule has 0 spiro atoms. The molecule has 144 valence electrons. The lowest BCUT2D eigenvalue weighted by molar-refractivity contribution is -0.119. The Balaban J connectivity index is 1.95. The van der Waals surface area contributed by atoms with E-state index in [0.717, 1.165) is 33.5 Å². The molecular weight excluding hydrogens is 350 g/mol. The Bertz CT molecular complexity index is 1080. The van der Waals surface area contributed by atoms with Gasteiger partial charge in [-0.25, -0.2) is 4.68 Å². The van der Waals surface area contributed by atoms with Crippen molar-refractivity contribution in [2.24, 2.45) is 0 Å². The topological polar surface area (TPSA) is 64.0 Å². The molecule has 0 saturated heterocycles. The van der Waals surface area contributed by atoms with Crippen LogP contribution in [0, 0.1) is 27.7 Å². The molecule has 0 fully saturated rings. The molecule has 5 nitrogen and oxygen atoms in total. The van der Waals surface area contributed by atoms with Crippen LogP contribution in [0.3, 0.4) is 0 Å². The molecule has 2 aromatic carbocycles. The summed E-state index contributed by atoms with van der Waals surface area (Å²) in [6.07, 6.45) is 0. The second-order valence-electron chi connectivity index (χ2n) is 7.25. The van der Waals surface area contributed by atoms with E-state index < -0.39 is 6.04 Å². The smallest absolute Gasteiger partial charge is 0.267 e. The molecule has 1 N–H and O–H groups in total. The van der Waals surface area contributed by atoms with Crippen LogP contribution in [0.4, 0.5) is 5.69 Å². The zero-order valence-electron chi connectivity index (χ0n) is 16.9. The predicted octanol–water partition coefficient (Wildman–Crippen LogP) is 4.34. The Labute approximate surface area is 165 Å². The quantitative estimate of drug-likeness (QED) is 0.738. The molecular formula is C23H25N3O2. The normalized spacial score (nSPS) is 11.9. The fraction of sp³-hybridized carbons (Fsp3) is 0.261. The van der Waals surface area contributed by atoms with E-state index in [2.05, 4.69) is 10.4 Å². The Kier molecular flexibility index (Phi) is 5.45. The number of para-hydroxylation sites is 1. The molecule has 0 aliphatic heterocycles. The Morgan fingerprint density at radius 2 is 1.64 bits per heavy atom. The number of nitrogens with zero attached hydrogens (tertiary/aromatic N) is 2. The summed E-state index contributed by atoms with van der Waals surface area (Å²) in [5, 5.41) is 7.44. The van der Waals surface area contributed by atoms with Crippen LogP contribution in [0.1, 0.15) is 35.2 Å². The third kappa shape index (κ3) is 3.88. The average molecular weight is 375 g/mol. The van der Waals surface area contributed by atoms with Gasteiger partial charge in [0.15, 0.2) is 0 Å². The van der Waals surface area contributed by atoms with Crippen molar-refractivity contribution in [3.05, 3.63) is 81.1 Å². The largest absolute Gasteiger partial charge is 0.324 e. The van der Waals surface area contributed by atoms with E-state index in [4.69, 9.17) is 0 Å². The molecule has 1 heterocycles. The second kappa shape index (κ2) is 7.80. The Hall–Kier alpha value is -3.21. The zero-order valence-corrected chi connectivity index (χ0v) is 16.9. The molecule has 1 aromatic heterocycles. The highest BCUT2D eigenvalue weighted by Crippen LogP contribution is 2.23. The Morgan fingerprint density at radius 3 is 2.32 bits per heavy atom. The van der Waals surface area contributed by atoms with Crippen LogP contribution in [0.2, 0.25) is 0 Å². The van der Waals surface area contributed by atoms with E-state index in [-0.39, 0.29) is 11.5 Å². The van der Waals surface area contributed by atoms with E-state index in [1.54, 1.807) is 13.0 Å². The monoisotopic (exact) mass is 375 g/mol. The standard InChI is InChI=1S/C23H25N3O2/c1-14-9-10-15(2)19(13-14)20-11-12-21(27)26(25-20)18(5)23(28)24-22-16(3)7-6-8-17(22)4/h6-13,18H,1-5H3,(H,24,28)/t18-/m0/s1. The van der Waals surface area contributed by atoms with Gasteiger partial charge in [0.2, 0.25) is 5.91 Å². The number of rotatable bonds is 4. The van der Waals surface area contributed by atoms with Gasteiger partial charge in [-0.3, -0.25) is 9.59 Å². The van der Waals surface area contributed by atoms with Crippen molar-refractivity contribution in [2.75, 3.05) is 5.32 Å². The molecule has 3 rings (SSSR count). The van der Waals surface area contributed by atoms with Gasteiger partial charge >= 0.3 is 0 Å². The first kappa shape index (κ1) is 19.5. The molecule has 0 aliphatic carbocycles. The van der Waals surface area contributed by atoms with Crippen LogP contribution in [0.25, 0.3) is 11.3 Å². The molecule has 1 amide bonds. The molecule has 0 saturated carbocycles. The lowest BCUT2D eigenvalue weighted by Gasteiger charge is -2.17. The van der Waals surface area contributed by atoms with E-state index in [0.29, 0.717) is 5.69 Å². The zero-order chi connectivity index (χ0) is 20.4. The second-order valence-corrected chi connectivity index (χ2v) is 7.25. The summed E-state index contributed by atoms with van der Waals surface area (Å²) in [5.74, 6) is -0.273. The van der Waals surface area contributed by atoms with E-state index in [1.807, 2.05) is 64.1 Å². The fourth-order valence-corrected chi connectivity index (χ4v) is 3.21. The number of nitrogens with one attached hydrogen (secondary N) is 1. The highest BCUT2D eigenvalue weighted by atomic mass is 16.2. The van der Waals surface area contributed by atoms with Crippen LogP contribution >= 0.6 is 0 Å². The van der Waals surface area contributed by atoms with Gasteiger partial charge in [0, 0.05) is 17.3 Å². The van der Waals surface area contributed by atoms with Gasteiger partial charge < -0.3 is 5.32 Å². The lowest BCUT2D eigenvalue weighted by Crippen LogP contribution is -2.33. The van der Waals surface area contributed by atoms with Crippen molar-refractivity contribution in [3.63, 3.8) is 0 Å². The molecule has 1 atom stereocenters. The highest BCUT2D eigenvalue weighted by molar-refractivity contribution is 5.94. The minimum absolute atomic E-state index is 0.273. The number of hydrogen-bond acceptors (Lipinski definition) is 3. The first-order valence-corrected chi connectivity index (χ1v) is 9.32. The Morgan fingerprint density at radius 1 is 0.964 bits per heavy atom. The molecule has 0 radical (unpaired) electrons. The van der Waals surface area contributed by atoms with Crippen LogP contribution in [0.5, 0.6) is 0 Å². The van der Waals surface area contributed by atoms with E-state index in [1.165, 1.54) is 10.7 Å². The number of amides is 1. The first-order valence-electron chi connectivity index (χ1n) is 9.32. The SMILES string of the molecule is Cc1ccc(C)c(-c2ccc(=O)n([C@@H](C)C(=O)Nc3c(C)cccc3C)n2)c1. The maximum Gasteiger partial charge on any atom is 0.267 e. The summed E-state index contributed by atoms with van der Waals surface area (Å²) in [6, 6.07) is 14.4. The summed E-state index contributed by atoms with van der Waals surface area (Å²) in [7, 11) is 0. The fourth-order valence-electron chi connectivity index (χ4n) is 3.21. The van der Waals surface area contributed by atoms with Crippen LogP contribution in [-0.2, 0) is 4.79 Å². The maximum atomic E-state index is 12.8. The number of anilines is 1. The number of hydrogen-bond donors (Lipinski definition) is 1. The number of aryl methyl sites for hydroxylation is 4. The number of carbonyl (C=O) groups excluding carboxylic acids is 1. The third-order valence-corrected chi connectivity index (χ3v) is 4.97. The van der Waals surface area contributed by atoms with Gasteiger partial charge in [0.1, 0.15) is 6.04 Å². The molecule has 3 aromatic rings. The van der Waals surface area contributed by atoms with Crippen molar-refractivity contribution in [2.45, 2.75) is 40.7 Å². The number of benzene rings is 2. The molecule has 0 aliphatic rings. The predicted molar refractivity (Wildman–Crippen MR) is 113 cm³/mol. The van der Waals surface area contributed by atoms with E-state index in [9.17, 15) is 9.59 Å². The van der Waals surface area contributed by atoms with Gasteiger partial charge in [0.25, 0.3) is 5.56 Å². The molecule has 0 bridgehead atoms. The van der Waals surface area contributed by atoms with Gasteiger partial charge in [-0.2, -0.15) is 5.10 Å². The van der Waals surface area contributed by atoms with Gasteiger partial charge in [-0.05, 0) is 63.4 Å². The number of aromatic nitrogens is 2. The number of carbonyl (C=O) groups is 1. The van der Waals surface area contributed by atoms with Crippen molar-refractivity contribution >= 4 is 11.6 Å². The van der Waals surface area contributed by atoms with Crippen molar-refractivity contribution in [3.8, 4) is 11.3 Å². The van der Waals surface area contributed by atoms with Gasteiger partial charge in [0.05, 0.1) is 5.69 Å². The molecule has 0 unspecified atom stereocenters. The van der Waals surface area contributed by atoms with Crippen molar-refractivity contribution in [1.29, 1.82) is 0 Å². The summed E-state index contributed by atoms with van der Waals surface area (Å²) in [4.78, 5) is 25.2. The maximum absolute atomic E-state index is 12.8. The van der Waals surface area contributed by atoms with Gasteiger partial charge in [-0.1, -0.05) is 35.9 Å². The average Bonchev–Trinajstić information content (AvgIpc) is 2.66. The minimum atomic E-state index is -0.739. The van der Waals surface area contributed by atoms with E-state index >= 15 is 0 Å². The summed E-state index contributed by atoms with van der Waals surface area (Å²) >= 11 is 0. The van der Waals surface area contributed by atoms with Crippen molar-refractivity contribution in [1.82, 2.24) is 9.78 Å². The summed E-state index contributed by atoms with van der Waals surface area (Å²) in [5.41, 5.74) is 6.23. The van der Waals surface area contributed by atoms with Crippen molar-refractivity contribution < 1.29 is 4.79 Å².